The smallest absolute Gasteiger partial charge is 0.272 e. The van der Waals surface area contributed by atoms with Crippen LogP contribution in [-0.2, 0) is 11.2 Å². The van der Waals surface area contributed by atoms with Crippen LogP contribution in [0.1, 0.15) is 31.2 Å². The van der Waals surface area contributed by atoms with Gasteiger partial charge in [0, 0.05) is 0 Å². The fourth-order valence-corrected chi connectivity index (χ4v) is 2.80. The Kier molecular flexibility index (Phi) is 5.76. The van der Waals surface area contributed by atoms with Crippen molar-refractivity contribution in [2.75, 3.05) is 0 Å². The maximum absolute atomic E-state index is 13.1. The normalized spacial score (nSPS) is 22.2. The molecule has 1 aliphatic carbocycles. The summed E-state index contributed by atoms with van der Waals surface area (Å²) in [5.41, 5.74) is 0.299. The SMILES string of the molecule is O=C(NC1(Cc2ccc(F)cc2)C=CCCCC1)C(Cl)(Cl)Cl. The molecule has 0 fully saturated rings. The molecular weight excluding hydrogens is 348 g/mol. The van der Waals surface area contributed by atoms with Gasteiger partial charge in [-0.15, -0.1) is 0 Å². The van der Waals surface area contributed by atoms with E-state index in [0.717, 1.165) is 31.2 Å². The van der Waals surface area contributed by atoms with Gasteiger partial charge >= 0.3 is 0 Å². The van der Waals surface area contributed by atoms with Crippen molar-refractivity contribution in [1.29, 1.82) is 0 Å². The first kappa shape index (κ1) is 17.6. The fourth-order valence-electron chi connectivity index (χ4n) is 2.65. The molecule has 0 spiro atoms. The Bertz CT molecular complexity index is 554. The molecule has 0 aromatic heterocycles. The van der Waals surface area contributed by atoms with E-state index in [9.17, 15) is 9.18 Å². The van der Waals surface area contributed by atoms with Gasteiger partial charge in [-0.2, -0.15) is 0 Å². The summed E-state index contributed by atoms with van der Waals surface area (Å²) in [4.78, 5) is 12.1. The van der Waals surface area contributed by atoms with Gasteiger partial charge in [0.1, 0.15) is 5.82 Å². The Hall–Kier alpha value is -0.770. The Morgan fingerprint density at radius 2 is 1.91 bits per heavy atom. The third-order valence-corrected chi connectivity index (χ3v) is 4.25. The summed E-state index contributed by atoms with van der Waals surface area (Å²) >= 11 is 17.0. The number of benzene rings is 1. The Balaban J connectivity index is 2.25. The number of nitrogens with one attached hydrogen (secondary N) is 1. The van der Waals surface area contributed by atoms with Gasteiger partial charge in [0.25, 0.3) is 9.70 Å². The van der Waals surface area contributed by atoms with Crippen molar-refractivity contribution in [3.63, 3.8) is 0 Å². The Labute approximate surface area is 144 Å². The van der Waals surface area contributed by atoms with Gasteiger partial charge in [-0.25, -0.2) is 4.39 Å². The van der Waals surface area contributed by atoms with E-state index in [0.29, 0.717) is 6.42 Å². The van der Waals surface area contributed by atoms with Crippen LogP contribution in [0, 0.1) is 5.82 Å². The number of halogens is 4. The largest absolute Gasteiger partial charge is 0.343 e. The molecule has 1 unspecified atom stereocenters. The van der Waals surface area contributed by atoms with Gasteiger partial charge in [-0.05, 0) is 43.4 Å². The predicted molar refractivity (Wildman–Crippen MR) is 88.9 cm³/mol. The number of hydrogen-bond acceptors (Lipinski definition) is 1. The second kappa shape index (κ2) is 7.20. The van der Waals surface area contributed by atoms with E-state index in [4.69, 9.17) is 34.8 Å². The van der Waals surface area contributed by atoms with Crippen molar-refractivity contribution in [3.05, 3.63) is 47.8 Å². The van der Waals surface area contributed by atoms with Crippen LogP contribution in [0.15, 0.2) is 36.4 Å². The van der Waals surface area contributed by atoms with Crippen LogP contribution in [0.25, 0.3) is 0 Å². The number of amides is 1. The maximum atomic E-state index is 13.1. The van der Waals surface area contributed by atoms with Crippen LogP contribution in [0.3, 0.4) is 0 Å². The van der Waals surface area contributed by atoms with E-state index in [1.54, 1.807) is 12.1 Å². The topological polar surface area (TPSA) is 29.1 Å². The summed E-state index contributed by atoms with van der Waals surface area (Å²) < 4.78 is 11.1. The highest BCUT2D eigenvalue weighted by molar-refractivity contribution is 6.76. The van der Waals surface area contributed by atoms with Gasteiger partial charge in [0.15, 0.2) is 0 Å². The lowest BCUT2D eigenvalue weighted by atomic mass is 9.86. The molecule has 1 N–H and O–H groups in total. The van der Waals surface area contributed by atoms with Gasteiger partial charge in [-0.1, -0.05) is 65.5 Å². The summed E-state index contributed by atoms with van der Waals surface area (Å²) in [6, 6.07) is 6.22. The first-order valence-electron chi connectivity index (χ1n) is 7.12. The molecular formula is C16H17Cl3FNO. The minimum absolute atomic E-state index is 0.292. The number of carbonyl (C=O) groups is 1. The highest BCUT2D eigenvalue weighted by Gasteiger charge is 2.38. The quantitative estimate of drug-likeness (QED) is 0.610. The minimum Gasteiger partial charge on any atom is -0.343 e. The molecule has 0 saturated carbocycles. The predicted octanol–water partition coefficient (Wildman–Crippen LogP) is 4.72. The third kappa shape index (κ3) is 4.87. The van der Waals surface area contributed by atoms with E-state index < -0.39 is 15.2 Å². The number of hydrogen-bond donors (Lipinski definition) is 1. The number of alkyl halides is 3. The molecule has 120 valence electrons. The maximum Gasteiger partial charge on any atom is 0.272 e. The summed E-state index contributed by atoms with van der Waals surface area (Å²) in [5, 5.41) is 2.86. The second-order valence-electron chi connectivity index (χ2n) is 5.56. The molecule has 22 heavy (non-hydrogen) atoms. The van der Waals surface area contributed by atoms with Crippen LogP contribution in [0.4, 0.5) is 4.39 Å². The number of allylic oxidation sites excluding steroid dienone is 1. The van der Waals surface area contributed by atoms with Crippen LogP contribution >= 0.6 is 34.8 Å². The summed E-state index contributed by atoms with van der Waals surface area (Å²) in [6.45, 7) is 0. The molecule has 0 bridgehead atoms. The van der Waals surface area contributed by atoms with Crippen LogP contribution in [0.2, 0.25) is 0 Å². The lowest BCUT2D eigenvalue weighted by molar-refractivity contribution is -0.121. The summed E-state index contributed by atoms with van der Waals surface area (Å²) in [5.74, 6) is -0.939. The second-order valence-corrected chi connectivity index (χ2v) is 7.84. The standard InChI is InChI=1S/C16H17Cl3FNO/c17-16(18,19)14(22)21-15(9-3-1-2-4-10-15)11-12-5-7-13(20)8-6-12/h3,5-9H,1-2,4,10-11H2,(H,21,22). The van der Waals surface area contributed by atoms with E-state index >= 15 is 0 Å². The molecule has 0 heterocycles. The molecule has 6 heteroatoms. The van der Waals surface area contributed by atoms with Crippen molar-refractivity contribution in [2.45, 2.75) is 41.4 Å². The van der Waals surface area contributed by atoms with E-state index in [1.165, 1.54) is 12.1 Å². The van der Waals surface area contributed by atoms with Crippen LogP contribution in [0.5, 0.6) is 0 Å². The zero-order chi connectivity index (χ0) is 16.2. The fraction of sp³-hybridized carbons (Fsp3) is 0.438. The molecule has 0 saturated heterocycles. The molecule has 0 aliphatic heterocycles. The molecule has 1 amide bonds. The van der Waals surface area contributed by atoms with E-state index in [2.05, 4.69) is 5.32 Å². The molecule has 1 atom stereocenters. The average Bonchev–Trinajstić information content (AvgIpc) is 2.66. The third-order valence-electron chi connectivity index (χ3n) is 3.73. The van der Waals surface area contributed by atoms with Gasteiger partial charge < -0.3 is 5.32 Å². The highest BCUT2D eigenvalue weighted by Crippen LogP contribution is 2.31. The molecule has 1 aliphatic rings. The summed E-state index contributed by atoms with van der Waals surface area (Å²) in [6.07, 6.45) is 8.23. The Morgan fingerprint density at radius 1 is 1.23 bits per heavy atom. The first-order chi connectivity index (χ1) is 10.3. The molecule has 0 radical (unpaired) electrons. The van der Waals surface area contributed by atoms with Crippen molar-refractivity contribution < 1.29 is 9.18 Å². The van der Waals surface area contributed by atoms with Crippen LogP contribution < -0.4 is 5.32 Å². The monoisotopic (exact) mass is 363 g/mol. The average molecular weight is 365 g/mol. The van der Waals surface area contributed by atoms with E-state index in [1.807, 2.05) is 12.2 Å². The van der Waals surface area contributed by atoms with Crippen molar-refractivity contribution in [3.8, 4) is 0 Å². The van der Waals surface area contributed by atoms with Gasteiger partial charge in [0.2, 0.25) is 0 Å². The number of carbonyl (C=O) groups excluding carboxylic acids is 1. The zero-order valence-electron chi connectivity index (χ0n) is 11.9. The van der Waals surface area contributed by atoms with Crippen molar-refractivity contribution in [1.82, 2.24) is 5.32 Å². The lowest BCUT2D eigenvalue weighted by Gasteiger charge is -2.33. The molecule has 2 nitrogen and oxygen atoms in total. The zero-order valence-corrected chi connectivity index (χ0v) is 14.2. The highest BCUT2D eigenvalue weighted by atomic mass is 35.6. The number of rotatable bonds is 3. The molecule has 1 aromatic rings. The van der Waals surface area contributed by atoms with E-state index in [-0.39, 0.29) is 5.82 Å². The lowest BCUT2D eigenvalue weighted by Crippen LogP contribution is -2.52. The van der Waals surface area contributed by atoms with Gasteiger partial charge in [-0.3, -0.25) is 4.79 Å². The molecule has 2 rings (SSSR count). The van der Waals surface area contributed by atoms with Crippen molar-refractivity contribution in [2.24, 2.45) is 0 Å². The first-order valence-corrected chi connectivity index (χ1v) is 8.26. The van der Waals surface area contributed by atoms with Crippen LogP contribution in [-0.4, -0.2) is 15.2 Å². The molecule has 1 aromatic carbocycles. The Morgan fingerprint density at radius 3 is 2.55 bits per heavy atom. The minimum atomic E-state index is -2.00. The summed E-state index contributed by atoms with van der Waals surface area (Å²) in [7, 11) is 0. The van der Waals surface area contributed by atoms with Crippen molar-refractivity contribution >= 4 is 40.7 Å². The van der Waals surface area contributed by atoms with Gasteiger partial charge in [0.05, 0.1) is 5.54 Å².